The maximum absolute atomic E-state index is 6.14. The van der Waals surface area contributed by atoms with Crippen molar-refractivity contribution in [3.8, 4) is 17.2 Å². The zero-order chi connectivity index (χ0) is 20.2. The fourth-order valence-electron chi connectivity index (χ4n) is 2.79. The van der Waals surface area contributed by atoms with Crippen molar-refractivity contribution in [1.29, 1.82) is 0 Å². The molecule has 0 saturated heterocycles. The lowest BCUT2D eigenvalue weighted by Crippen LogP contribution is -2.00. The molecule has 0 aliphatic heterocycles. The first-order valence-electron chi connectivity index (χ1n) is 8.66. The third kappa shape index (κ3) is 3.97. The first-order valence-corrected chi connectivity index (χ1v) is 9.04. The Balaban J connectivity index is 1.67. The van der Waals surface area contributed by atoms with Gasteiger partial charge in [0.15, 0.2) is 17.0 Å². The molecule has 2 aromatic carbocycles. The third-order valence-corrected chi connectivity index (χ3v) is 4.35. The summed E-state index contributed by atoms with van der Waals surface area (Å²) in [4.78, 5) is 13.0. The number of rotatable bonds is 6. The Kier molecular flexibility index (Phi) is 5.26. The zero-order valence-corrected chi connectivity index (χ0v) is 16.5. The van der Waals surface area contributed by atoms with E-state index in [1.54, 1.807) is 26.8 Å². The Morgan fingerprint density at radius 2 is 1.79 bits per heavy atom. The number of nitrogens with zero attached hydrogens (tertiary/aromatic N) is 5. The number of anilines is 1. The molecular formula is C20H17ClN6O2. The summed E-state index contributed by atoms with van der Waals surface area (Å²) < 4.78 is 12.3. The molecule has 29 heavy (non-hydrogen) atoms. The lowest BCUT2D eigenvalue weighted by atomic mass is 10.2. The van der Waals surface area contributed by atoms with Crippen LogP contribution in [-0.2, 0) is 0 Å². The summed E-state index contributed by atoms with van der Waals surface area (Å²) >= 11 is 6.14. The number of ether oxygens (including phenoxy) is 2. The Hall–Kier alpha value is -3.65. The van der Waals surface area contributed by atoms with Gasteiger partial charge in [-0.1, -0.05) is 18.2 Å². The Labute approximate surface area is 171 Å². The Morgan fingerprint density at radius 1 is 1.03 bits per heavy atom. The van der Waals surface area contributed by atoms with Gasteiger partial charge in [0.05, 0.1) is 26.1 Å². The summed E-state index contributed by atoms with van der Waals surface area (Å²) in [5.74, 6) is 1.88. The van der Waals surface area contributed by atoms with Crippen LogP contribution in [0.25, 0.3) is 16.9 Å². The summed E-state index contributed by atoms with van der Waals surface area (Å²) in [7, 11) is 3.24. The monoisotopic (exact) mass is 408 g/mol. The van der Waals surface area contributed by atoms with E-state index in [4.69, 9.17) is 21.1 Å². The van der Waals surface area contributed by atoms with Gasteiger partial charge < -0.3 is 9.47 Å². The quantitative estimate of drug-likeness (QED) is 0.295. The summed E-state index contributed by atoms with van der Waals surface area (Å²) in [6.07, 6.45) is 3.31. The minimum atomic E-state index is 0.0845. The first-order chi connectivity index (χ1) is 14.2. The average molecular weight is 409 g/mol. The number of hydrazone groups is 1. The van der Waals surface area contributed by atoms with Crippen LogP contribution in [0.15, 0.2) is 60.0 Å². The number of nitrogens with one attached hydrogen (secondary N) is 1. The van der Waals surface area contributed by atoms with Crippen molar-refractivity contribution < 1.29 is 9.47 Å². The second kappa shape index (κ2) is 8.15. The van der Waals surface area contributed by atoms with Crippen molar-refractivity contribution in [2.75, 3.05) is 19.6 Å². The number of fused-ring (bicyclic) bond motifs is 1. The van der Waals surface area contributed by atoms with Crippen LogP contribution in [0.2, 0.25) is 5.28 Å². The topological polar surface area (TPSA) is 86.5 Å². The zero-order valence-electron chi connectivity index (χ0n) is 15.7. The van der Waals surface area contributed by atoms with Crippen LogP contribution in [-0.4, -0.2) is 40.0 Å². The van der Waals surface area contributed by atoms with Gasteiger partial charge in [0.25, 0.3) is 0 Å². The molecule has 0 amide bonds. The number of methoxy groups -OCH3 is 2. The molecule has 8 nitrogen and oxygen atoms in total. The second-order valence-corrected chi connectivity index (χ2v) is 6.31. The normalized spacial score (nSPS) is 11.1. The van der Waals surface area contributed by atoms with Crippen LogP contribution in [0.3, 0.4) is 0 Å². The van der Waals surface area contributed by atoms with E-state index in [0.29, 0.717) is 17.0 Å². The summed E-state index contributed by atoms with van der Waals surface area (Å²) in [6.45, 7) is 0. The fourth-order valence-corrected chi connectivity index (χ4v) is 2.96. The number of aromatic nitrogens is 4. The van der Waals surface area contributed by atoms with Crippen LogP contribution in [0.1, 0.15) is 5.56 Å². The van der Waals surface area contributed by atoms with Gasteiger partial charge in [-0.05, 0) is 41.4 Å². The molecule has 0 unspecified atom stereocenters. The molecule has 2 aromatic heterocycles. The van der Waals surface area contributed by atoms with Gasteiger partial charge in [-0.25, -0.2) is 4.98 Å². The standard InChI is InChI=1S/C20H17ClN6O2/c1-28-15-7-3-5-13(9-15)11-23-26-18-17-19(25-20(21)24-18)27(12-22-17)14-6-4-8-16(10-14)29-2/h3-12H,1-2H3,(H,24,25,26)/b23-11+. The van der Waals surface area contributed by atoms with E-state index in [9.17, 15) is 0 Å². The molecule has 4 rings (SSSR count). The number of benzene rings is 2. The van der Waals surface area contributed by atoms with Gasteiger partial charge in [-0.2, -0.15) is 15.1 Å². The van der Waals surface area contributed by atoms with E-state index in [1.807, 2.05) is 53.1 Å². The maximum Gasteiger partial charge on any atom is 0.226 e. The van der Waals surface area contributed by atoms with Crippen LogP contribution in [0.4, 0.5) is 5.82 Å². The van der Waals surface area contributed by atoms with E-state index >= 15 is 0 Å². The molecule has 0 saturated carbocycles. The molecule has 0 aliphatic carbocycles. The number of hydrogen-bond acceptors (Lipinski definition) is 7. The Bertz CT molecular complexity index is 1190. The molecule has 9 heteroatoms. The van der Waals surface area contributed by atoms with Crippen molar-refractivity contribution in [3.05, 3.63) is 65.7 Å². The van der Waals surface area contributed by atoms with Crippen LogP contribution < -0.4 is 14.9 Å². The van der Waals surface area contributed by atoms with E-state index in [2.05, 4.69) is 25.5 Å². The van der Waals surface area contributed by atoms with Gasteiger partial charge in [0, 0.05) is 6.07 Å². The van der Waals surface area contributed by atoms with E-state index in [1.165, 1.54) is 0 Å². The minimum absolute atomic E-state index is 0.0845. The third-order valence-electron chi connectivity index (χ3n) is 4.18. The minimum Gasteiger partial charge on any atom is -0.497 e. The van der Waals surface area contributed by atoms with Crippen molar-refractivity contribution in [1.82, 2.24) is 19.5 Å². The molecule has 1 N–H and O–H groups in total. The van der Waals surface area contributed by atoms with Crippen LogP contribution in [0, 0.1) is 0 Å². The summed E-state index contributed by atoms with van der Waals surface area (Å²) in [6, 6.07) is 15.1. The molecule has 0 fully saturated rings. The second-order valence-electron chi connectivity index (χ2n) is 5.98. The fraction of sp³-hybridized carbons (Fsp3) is 0.100. The largest absolute Gasteiger partial charge is 0.497 e. The predicted octanol–water partition coefficient (Wildman–Crippen LogP) is 3.93. The molecular weight excluding hydrogens is 392 g/mol. The van der Waals surface area contributed by atoms with Crippen molar-refractivity contribution in [3.63, 3.8) is 0 Å². The summed E-state index contributed by atoms with van der Waals surface area (Å²) in [5, 5.41) is 4.32. The Morgan fingerprint density at radius 3 is 2.59 bits per heavy atom. The molecule has 0 atom stereocenters. The number of halogens is 1. The highest BCUT2D eigenvalue weighted by molar-refractivity contribution is 6.28. The smallest absolute Gasteiger partial charge is 0.226 e. The highest BCUT2D eigenvalue weighted by Crippen LogP contribution is 2.25. The van der Waals surface area contributed by atoms with Gasteiger partial charge >= 0.3 is 0 Å². The molecule has 0 radical (unpaired) electrons. The number of imidazole rings is 1. The number of hydrogen-bond donors (Lipinski definition) is 1. The highest BCUT2D eigenvalue weighted by Gasteiger charge is 2.13. The summed E-state index contributed by atoms with van der Waals surface area (Å²) in [5.41, 5.74) is 5.70. The lowest BCUT2D eigenvalue weighted by molar-refractivity contribution is 0.414. The predicted molar refractivity (Wildman–Crippen MR) is 112 cm³/mol. The van der Waals surface area contributed by atoms with Crippen LogP contribution >= 0.6 is 11.6 Å². The van der Waals surface area contributed by atoms with Gasteiger partial charge in [0.1, 0.15) is 17.8 Å². The van der Waals surface area contributed by atoms with Crippen molar-refractivity contribution >= 4 is 34.8 Å². The van der Waals surface area contributed by atoms with E-state index in [-0.39, 0.29) is 5.28 Å². The molecule has 0 spiro atoms. The molecule has 0 aliphatic rings. The average Bonchev–Trinajstić information content (AvgIpc) is 3.17. The van der Waals surface area contributed by atoms with Crippen molar-refractivity contribution in [2.24, 2.45) is 5.10 Å². The highest BCUT2D eigenvalue weighted by atomic mass is 35.5. The lowest BCUT2D eigenvalue weighted by Gasteiger charge is -2.07. The maximum atomic E-state index is 6.14. The van der Waals surface area contributed by atoms with Gasteiger partial charge in [-0.3, -0.25) is 9.99 Å². The van der Waals surface area contributed by atoms with E-state index < -0.39 is 0 Å². The molecule has 0 bridgehead atoms. The van der Waals surface area contributed by atoms with E-state index in [0.717, 1.165) is 22.7 Å². The van der Waals surface area contributed by atoms with Gasteiger partial charge in [0.2, 0.25) is 5.28 Å². The first kappa shape index (κ1) is 18.7. The molecule has 146 valence electrons. The van der Waals surface area contributed by atoms with Gasteiger partial charge in [-0.15, -0.1) is 0 Å². The molecule has 2 heterocycles. The van der Waals surface area contributed by atoms with Crippen LogP contribution in [0.5, 0.6) is 11.5 Å². The molecule has 4 aromatic rings. The SMILES string of the molecule is COc1cccc(/C=N/Nc2nc(Cl)nc3c2ncn3-c2cccc(OC)c2)c1. The van der Waals surface area contributed by atoms with Crippen molar-refractivity contribution in [2.45, 2.75) is 0 Å².